The first-order valence-electron chi connectivity index (χ1n) is 10.5. The van der Waals surface area contributed by atoms with Gasteiger partial charge in [-0.05, 0) is 75.2 Å². The molecule has 6 heteroatoms. The second-order valence-corrected chi connectivity index (χ2v) is 8.85. The van der Waals surface area contributed by atoms with E-state index < -0.39 is 0 Å². The number of ether oxygens (including phenoxy) is 1. The summed E-state index contributed by atoms with van der Waals surface area (Å²) in [5.41, 5.74) is 1.68. The average Bonchev–Trinajstić information content (AvgIpc) is 3.04. The van der Waals surface area contributed by atoms with Gasteiger partial charge in [0.1, 0.15) is 11.6 Å². The maximum atomic E-state index is 13.9. The minimum atomic E-state index is -0.212. The molecule has 1 saturated heterocycles. The van der Waals surface area contributed by atoms with Crippen LogP contribution in [0.4, 0.5) is 9.18 Å². The molecule has 1 heterocycles. The highest BCUT2D eigenvalue weighted by Gasteiger charge is 2.50. The number of halogens is 1. The standard InChI is InChI=1S/C24H30FN3O2/c1-27(2)24(19-5-4-6-20(25)15-19)13-11-23(12-14-24)17-28(22(29)26-23)16-18-7-9-21(30-3)10-8-18/h4-10,15H,11-14,16-17H2,1-3H3,(H,26,29). The van der Waals surface area contributed by atoms with Gasteiger partial charge in [-0.1, -0.05) is 24.3 Å². The van der Waals surface area contributed by atoms with Crippen LogP contribution in [0.15, 0.2) is 48.5 Å². The quantitative estimate of drug-likeness (QED) is 0.805. The van der Waals surface area contributed by atoms with Gasteiger partial charge in [-0.15, -0.1) is 0 Å². The van der Waals surface area contributed by atoms with Crippen LogP contribution in [-0.2, 0) is 12.1 Å². The molecule has 0 aromatic heterocycles. The lowest BCUT2D eigenvalue weighted by atomic mass is 9.69. The van der Waals surface area contributed by atoms with Crippen molar-refractivity contribution in [3.05, 3.63) is 65.5 Å². The highest BCUT2D eigenvalue weighted by atomic mass is 19.1. The van der Waals surface area contributed by atoms with Crippen molar-refractivity contribution in [1.29, 1.82) is 0 Å². The molecule has 2 aromatic carbocycles. The molecule has 1 aliphatic heterocycles. The Morgan fingerprint density at radius 3 is 2.40 bits per heavy atom. The molecule has 0 bridgehead atoms. The molecule has 0 atom stereocenters. The molecule has 160 valence electrons. The fraction of sp³-hybridized carbons (Fsp3) is 0.458. The van der Waals surface area contributed by atoms with E-state index in [1.54, 1.807) is 19.2 Å². The van der Waals surface area contributed by atoms with Crippen molar-refractivity contribution in [2.45, 2.75) is 43.3 Å². The number of rotatable bonds is 5. The van der Waals surface area contributed by atoms with Gasteiger partial charge < -0.3 is 15.0 Å². The van der Waals surface area contributed by atoms with E-state index in [0.29, 0.717) is 13.1 Å². The van der Waals surface area contributed by atoms with Gasteiger partial charge in [-0.25, -0.2) is 9.18 Å². The Balaban J connectivity index is 1.47. The average molecular weight is 412 g/mol. The lowest BCUT2D eigenvalue weighted by Crippen LogP contribution is -2.54. The van der Waals surface area contributed by atoms with Gasteiger partial charge in [0.25, 0.3) is 0 Å². The van der Waals surface area contributed by atoms with Crippen LogP contribution in [0.1, 0.15) is 36.8 Å². The summed E-state index contributed by atoms with van der Waals surface area (Å²) in [4.78, 5) is 16.8. The van der Waals surface area contributed by atoms with Crippen molar-refractivity contribution >= 4 is 6.03 Å². The first-order valence-corrected chi connectivity index (χ1v) is 10.5. The van der Waals surface area contributed by atoms with E-state index in [4.69, 9.17) is 4.74 Å². The zero-order valence-electron chi connectivity index (χ0n) is 18.0. The van der Waals surface area contributed by atoms with Crippen LogP contribution >= 0.6 is 0 Å². The minimum Gasteiger partial charge on any atom is -0.497 e. The van der Waals surface area contributed by atoms with Crippen LogP contribution in [0.25, 0.3) is 0 Å². The van der Waals surface area contributed by atoms with E-state index in [0.717, 1.165) is 42.6 Å². The van der Waals surface area contributed by atoms with Crippen LogP contribution in [0.5, 0.6) is 5.75 Å². The van der Waals surface area contributed by atoms with Gasteiger partial charge in [-0.3, -0.25) is 4.90 Å². The predicted octanol–water partition coefficient (Wildman–Crippen LogP) is 4.13. The zero-order valence-corrected chi connectivity index (χ0v) is 18.0. The number of benzene rings is 2. The van der Waals surface area contributed by atoms with E-state index >= 15 is 0 Å². The van der Waals surface area contributed by atoms with E-state index in [9.17, 15) is 9.18 Å². The normalized spacial score (nSPS) is 26.3. The van der Waals surface area contributed by atoms with Crippen molar-refractivity contribution < 1.29 is 13.9 Å². The molecule has 0 radical (unpaired) electrons. The molecular weight excluding hydrogens is 381 g/mol. The number of carbonyl (C=O) groups excluding carboxylic acids is 1. The van der Waals surface area contributed by atoms with Crippen molar-refractivity contribution in [1.82, 2.24) is 15.1 Å². The summed E-state index contributed by atoms with van der Waals surface area (Å²) in [7, 11) is 5.77. The third kappa shape index (κ3) is 3.76. The summed E-state index contributed by atoms with van der Waals surface area (Å²) in [5, 5.41) is 3.27. The van der Waals surface area contributed by atoms with E-state index in [1.807, 2.05) is 35.2 Å². The van der Waals surface area contributed by atoms with Gasteiger partial charge in [0, 0.05) is 18.6 Å². The van der Waals surface area contributed by atoms with Crippen molar-refractivity contribution in [3.8, 4) is 5.75 Å². The lowest BCUT2D eigenvalue weighted by Gasteiger charge is -2.48. The molecule has 1 saturated carbocycles. The maximum Gasteiger partial charge on any atom is 0.318 e. The fourth-order valence-corrected chi connectivity index (χ4v) is 5.06. The summed E-state index contributed by atoms with van der Waals surface area (Å²) in [6, 6.07) is 14.8. The lowest BCUT2D eigenvalue weighted by molar-refractivity contribution is 0.0615. The number of hydrogen-bond donors (Lipinski definition) is 1. The van der Waals surface area contributed by atoms with Crippen molar-refractivity contribution in [3.63, 3.8) is 0 Å². The predicted molar refractivity (Wildman–Crippen MR) is 115 cm³/mol. The molecule has 1 aliphatic carbocycles. The summed E-state index contributed by atoms with van der Waals surface area (Å²) >= 11 is 0. The van der Waals surface area contributed by atoms with Crippen LogP contribution in [0, 0.1) is 5.82 Å². The van der Waals surface area contributed by atoms with Gasteiger partial charge in [0.15, 0.2) is 0 Å². The molecule has 2 aromatic rings. The number of amides is 2. The Hall–Kier alpha value is -2.60. The Morgan fingerprint density at radius 2 is 1.80 bits per heavy atom. The zero-order chi connectivity index (χ0) is 21.4. The van der Waals surface area contributed by atoms with Crippen molar-refractivity contribution in [2.24, 2.45) is 0 Å². The molecule has 2 fully saturated rings. The van der Waals surface area contributed by atoms with Crippen LogP contribution in [0.3, 0.4) is 0 Å². The Labute approximate surface area is 177 Å². The molecule has 2 amide bonds. The highest BCUT2D eigenvalue weighted by Crippen LogP contribution is 2.46. The number of methoxy groups -OCH3 is 1. The number of urea groups is 1. The topological polar surface area (TPSA) is 44.8 Å². The Morgan fingerprint density at radius 1 is 1.10 bits per heavy atom. The van der Waals surface area contributed by atoms with E-state index in [-0.39, 0.29) is 22.9 Å². The number of nitrogens with one attached hydrogen (secondary N) is 1. The monoisotopic (exact) mass is 411 g/mol. The first kappa shape index (κ1) is 20.7. The third-order valence-corrected chi connectivity index (χ3v) is 6.94. The first-order chi connectivity index (χ1) is 14.4. The smallest absolute Gasteiger partial charge is 0.318 e. The molecule has 2 aliphatic rings. The van der Waals surface area contributed by atoms with E-state index in [1.165, 1.54) is 6.07 Å². The SMILES string of the molecule is COc1ccc(CN2CC3(CCC(c4cccc(F)c4)(N(C)C)CC3)NC2=O)cc1. The second-order valence-electron chi connectivity index (χ2n) is 8.85. The largest absolute Gasteiger partial charge is 0.497 e. The Kier molecular flexibility index (Phi) is 5.45. The minimum absolute atomic E-state index is 0.00562. The summed E-state index contributed by atoms with van der Waals surface area (Å²) in [6.07, 6.45) is 3.49. The van der Waals surface area contributed by atoms with Gasteiger partial charge >= 0.3 is 6.03 Å². The van der Waals surface area contributed by atoms with Gasteiger partial charge in [0.2, 0.25) is 0 Å². The van der Waals surface area contributed by atoms with Crippen LogP contribution < -0.4 is 10.1 Å². The molecule has 0 unspecified atom stereocenters. The summed E-state index contributed by atoms with van der Waals surface area (Å²) < 4.78 is 19.1. The third-order valence-electron chi connectivity index (χ3n) is 6.94. The van der Waals surface area contributed by atoms with E-state index in [2.05, 4.69) is 24.3 Å². The number of nitrogens with zero attached hydrogens (tertiary/aromatic N) is 2. The second kappa shape index (κ2) is 7.91. The molecular formula is C24H30FN3O2. The van der Waals surface area contributed by atoms with Gasteiger partial charge in [-0.2, -0.15) is 0 Å². The maximum absolute atomic E-state index is 13.9. The Bertz CT molecular complexity index is 905. The van der Waals surface area contributed by atoms with Crippen LogP contribution in [0.2, 0.25) is 0 Å². The van der Waals surface area contributed by atoms with Crippen LogP contribution in [-0.4, -0.2) is 49.1 Å². The number of hydrogen-bond acceptors (Lipinski definition) is 3. The molecule has 4 rings (SSSR count). The molecule has 1 N–H and O–H groups in total. The number of carbonyl (C=O) groups is 1. The van der Waals surface area contributed by atoms with Crippen molar-refractivity contribution in [2.75, 3.05) is 27.7 Å². The fourth-order valence-electron chi connectivity index (χ4n) is 5.06. The molecule has 5 nitrogen and oxygen atoms in total. The summed E-state index contributed by atoms with van der Waals surface area (Å²) in [5.74, 6) is 0.611. The molecule has 1 spiro atoms. The highest BCUT2D eigenvalue weighted by molar-refractivity contribution is 5.78. The summed E-state index contributed by atoms with van der Waals surface area (Å²) in [6.45, 7) is 1.28. The molecule has 30 heavy (non-hydrogen) atoms. The van der Waals surface area contributed by atoms with Gasteiger partial charge in [0.05, 0.1) is 12.6 Å².